The fourth-order valence-corrected chi connectivity index (χ4v) is 2.12. The minimum absolute atomic E-state index is 0.0672. The number of benzene rings is 1. The van der Waals surface area contributed by atoms with Crippen LogP contribution in [0.25, 0.3) is 6.08 Å². The van der Waals surface area contributed by atoms with Crippen molar-refractivity contribution in [2.45, 2.75) is 26.3 Å². The second-order valence-electron chi connectivity index (χ2n) is 4.77. The quantitative estimate of drug-likeness (QED) is 0.769. The smallest absolute Gasteiger partial charge is 0.244 e. The summed E-state index contributed by atoms with van der Waals surface area (Å²) in [4.78, 5) is 23.1. The van der Waals surface area contributed by atoms with Gasteiger partial charge in [-0.3, -0.25) is 9.59 Å². The van der Waals surface area contributed by atoms with Gasteiger partial charge in [-0.25, -0.2) is 4.39 Å². The third-order valence-electron chi connectivity index (χ3n) is 3.19. The van der Waals surface area contributed by atoms with Gasteiger partial charge in [0.15, 0.2) is 0 Å². The molecule has 114 valence electrons. The first-order chi connectivity index (χ1) is 9.85. The van der Waals surface area contributed by atoms with Crippen molar-refractivity contribution in [3.8, 4) is 0 Å². The highest BCUT2D eigenvalue weighted by atomic mass is 79.9. The molecular formula is C15H18BrFN2O2. The van der Waals surface area contributed by atoms with E-state index in [2.05, 4.69) is 21.2 Å². The van der Waals surface area contributed by atoms with Gasteiger partial charge in [0.25, 0.3) is 0 Å². The van der Waals surface area contributed by atoms with E-state index in [-0.39, 0.29) is 11.5 Å². The molecule has 0 aliphatic rings. The molecule has 0 aliphatic heterocycles. The number of rotatable bonds is 6. The average Bonchev–Trinajstić information content (AvgIpc) is 2.44. The summed E-state index contributed by atoms with van der Waals surface area (Å²) in [5, 5.41) is 2.54. The number of carbonyl (C=O) groups excluding carboxylic acids is 2. The Balaban J connectivity index is 2.78. The molecule has 2 unspecified atom stereocenters. The van der Waals surface area contributed by atoms with Crippen molar-refractivity contribution in [1.29, 1.82) is 0 Å². The molecule has 0 radical (unpaired) electrons. The van der Waals surface area contributed by atoms with Gasteiger partial charge in [0.05, 0.1) is 0 Å². The van der Waals surface area contributed by atoms with E-state index in [9.17, 15) is 14.0 Å². The Bertz CT molecular complexity index is 561. The summed E-state index contributed by atoms with van der Waals surface area (Å²) in [6, 6.07) is 3.69. The first-order valence-corrected chi connectivity index (χ1v) is 7.37. The molecule has 1 aromatic carbocycles. The van der Waals surface area contributed by atoms with E-state index in [0.717, 1.165) is 0 Å². The molecule has 2 atom stereocenters. The second kappa shape index (κ2) is 7.93. The largest absolute Gasteiger partial charge is 0.368 e. The third-order valence-corrected chi connectivity index (χ3v) is 3.68. The number of hydrogen-bond donors (Lipinski definition) is 2. The Kier molecular flexibility index (Phi) is 6.55. The van der Waals surface area contributed by atoms with Crippen molar-refractivity contribution >= 4 is 33.8 Å². The number of primary amides is 1. The van der Waals surface area contributed by atoms with Gasteiger partial charge in [-0.2, -0.15) is 0 Å². The number of halogens is 2. The summed E-state index contributed by atoms with van der Waals surface area (Å²) in [6.45, 7) is 3.73. The van der Waals surface area contributed by atoms with Gasteiger partial charge in [0.1, 0.15) is 11.9 Å². The molecule has 0 aliphatic carbocycles. The van der Waals surface area contributed by atoms with Crippen LogP contribution in [0.1, 0.15) is 25.8 Å². The lowest BCUT2D eigenvalue weighted by molar-refractivity contribution is -0.126. The number of nitrogens with two attached hydrogens (primary N) is 1. The highest BCUT2D eigenvalue weighted by Crippen LogP contribution is 2.16. The fraction of sp³-hybridized carbons (Fsp3) is 0.333. The van der Waals surface area contributed by atoms with Crippen molar-refractivity contribution in [1.82, 2.24) is 5.32 Å². The topological polar surface area (TPSA) is 72.2 Å². The van der Waals surface area contributed by atoms with E-state index >= 15 is 0 Å². The molecule has 1 aromatic rings. The molecule has 0 saturated carbocycles. The summed E-state index contributed by atoms with van der Waals surface area (Å²) in [5.41, 5.74) is 5.55. The predicted octanol–water partition coefficient (Wildman–Crippen LogP) is 2.62. The Morgan fingerprint density at radius 1 is 1.48 bits per heavy atom. The maximum Gasteiger partial charge on any atom is 0.244 e. The lowest BCUT2D eigenvalue weighted by Crippen LogP contribution is -2.47. The first-order valence-electron chi connectivity index (χ1n) is 6.58. The summed E-state index contributed by atoms with van der Waals surface area (Å²) in [7, 11) is 0. The van der Waals surface area contributed by atoms with E-state index in [1.54, 1.807) is 12.1 Å². The molecule has 4 nitrogen and oxygen atoms in total. The minimum atomic E-state index is -0.737. The zero-order valence-electron chi connectivity index (χ0n) is 11.9. The Morgan fingerprint density at radius 3 is 2.71 bits per heavy atom. The molecule has 2 amide bonds. The van der Waals surface area contributed by atoms with Gasteiger partial charge in [0.2, 0.25) is 11.8 Å². The number of amides is 2. The molecule has 0 fully saturated rings. The highest BCUT2D eigenvalue weighted by molar-refractivity contribution is 9.10. The summed E-state index contributed by atoms with van der Waals surface area (Å²) in [6.07, 6.45) is 3.24. The monoisotopic (exact) mass is 356 g/mol. The third kappa shape index (κ3) is 5.30. The Morgan fingerprint density at radius 2 is 2.14 bits per heavy atom. The maximum absolute atomic E-state index is 13.5. The zero-order valence-corrected chi connectivity index (χ0v) is 13.5. The number of hydrogen-bond acceptors (Lipinski definition) is 2. The fourth-order valence-electron chi connectivity index (χ4n) is 1.74. The van der Waals surface area contributed by atoms with Gasteiger partial charge < -0.3 is 11.1 Å². The van der Waals surface area contributed by atoms with Crippen LogP contribution in [-0.4, -0.2) is 17.9 Å². The van der Waals surface area contributed by atoms with Crippen molar-refractivity contribution in [2.75, 3.05) is 0 Å². The molecule has 0 saturated heterocycles. The van der Waals surface area contributed by atoms with E-state index in [4.69, 9.17) is 5.73 Å². The van der Waals surface area contributed by atoms with Crippen LogP contribution < -0.4 is 11.1 Å². The van der Waals surface area contributed by atoms with E-state index in [1.807, 2.05) is 13.8 Å². The SMILES string of the molecule is CCC(C)C(NC(=O)C=Cc1cc(Br)ccc1F)C(N)=O. The van der Waals surface area contributed by atoms with Crippen LogP contribution >= 0.6 is 15.9 Å². The molecule has 6 heteroatoms. The van der Waals surface area contributed by atoms with Gasteiger partial charge in [0, 0.05) is 16.1 Å². The average molecular weight is 357 g/mol. The van der Waals surface area contributed by atoms with Crippen LogP contribution in [0.4, 0.5) is 4.39 Å². The number of carbonyl (C=O) groups is 2. The standard InChI is InChI=1S/C15H18BrFN2O2/c1-3-9(2)14(15(18)21)19-13(20)7-4-10-8-11(16)5-6-12(10)17/h4-9,14H,3H2,1-2H3,(H2,18,21)(H,19,20). The van der Waals surface area contributed by atoms with Crippen LogP contribution in [0, 0.1) is 11.7 Å². The van der Waals surface area contributed by atoms with E-state index < -0.39 is 23.7 Å². The van der Waals surface area contributed by atoms with Gasteiger partial charge in [-0.15, -0.1) is 0 Å². The maximum atomic E-state index is 13.5. The minimum Gasteiger partial charge on any atom is -0.368 e. The first kappa shape index (κ1) is 17.4. The van der Waals surface area contributed by atoms with Gasteiger partial charge >= 0.3 is 0 Å². The van der Waals surface area contributed by atoms with Crippen LogP contribution in [-0.2, 0) is 9.59 Å². The molecule has 0 aromatic heterocycles. The van der Waals surface area contributed by atoms with Crippen molar-refractivity contribution in [3.05, 3.63) is 40.1 Å². The molecule has 0 spiro atoms. The molecule has 3 N–H and O–H groups in total. The van der Waals surface area contributed by atoms with E-state index in [0.29, 0.717) is 10.9 Å². The molecule has 0 bridgehead atoms. The van der Waals surface area contributed by atoms with Crippen LogP contribution in [0.15, 0.2) is 28.7 Å². The molecule has 21 heavy (non-hydrogen) atoms. The Labute approximate surface area is 131 Å². The zero-order chi connectivity index (χ0) is 16.0. The second-order valence-corrected chi connectivity index (χ2v) is 5.69. The van der Waals surface area contributed by atoms with Crippen LogP contribution in [0.3, 0.4) is 0 Å². The summed E-state index contributed by atoms with van der Waals surface area (Å²) in [5.74, 6) is -1.57. The normalized spacial score (nSPS) is 13.9. The lowest BCUT2D eigenvalue weighted by Gasteiger charge is -2.20. The number of nitrogens with one attached hydrogen (secondary N) is 1. The predicted molar refractivity (Wildman–Crippen MR) is 83.7 cm³/mol. The Hall–Kier alpha value is -1.69. The highest BCUT2D eigenvalue weighted by Gasteiger charge is 2.22. The van der Waals surface area contributed by atoms with Crippen molar-refractivity contribution in [3.63, 3.8) is 0 Å². The van der Waals surface area contributed by atoms with E-state index in [1.165, 1.54) is 18.2 Å². The van der Waals surface area contributed by atoms with Crippen molar-refractivity contribution < 1.29 is 14.0 Å². The van der Waals surface area contributed by atoms with Crippen molar-refractivity contribution in [2.24, 2.45) is 11.7 Å². The summed E-state index contributed by atoms with van der Waals surface area (Å²) < 4.78 is 14.2. The van der Waals surface area contributed by atoms with Gasteiger partial charge in [-0.1, -0.05) is 36.2 Å². The molecule has 1 rings (SSSR count). The molecule has 0 heterocycles. The van der Waals surface area contributed by atoms with Gasteiger partial charge in [-0.05, 0) is 30.2 Å². The molecular weight excluding hydrogens is 339 g/mol. The van der Waals surface area contributed by atoms with Crippen LogP contribution in [0.2, 0.25) is 0 Å². The summed E-state index contributed by atoms with van der Waals surface area (Å²) >= 11 is 3.23. The lowest BCUT2D eigenvalue weighted by atomic mass is 9.98. The van der Waals surface area contributed by atoms with Crippen LogP contribution in [0.5, 0.6) is 0 Å².